The largest absolute Gasteiger partial charge is 0.507 e. The van der Waals surface area contributed by atoms with E-state index in [9.17, 15) is 19.5 Å². The van der Waals surface area contributed by atoms with Crippen LogP contribution in [0.4, 0.5) is 4.79 Å². The quantitative estimate of drug-likeness (QED) is 0.354. The van der Waals surface area contributed by atoms with Gasteiger partial charge in [-0.3, -0.25) is 10.1 Å². The number of thiophene rings is 1. The minimum Gasteiger partial charge on any atom is -0.507 e. The number of rotatable bonds is 10. The maximum Gasteiger partial charge on any atom is 0.408 e. The van der Waals surface area contributed by atoms with Gasteiger partial charge in [0.25, 0.3) is 0 Å². The molecule has 0 aliphatic carbocycles. The van der Waals surface area contributed by atoms with E-state index in [1.54, 1.807) is 38.1 Å². The van der Waals surface area contributed by atoms with Crippen LogP contribution in [0.2, 0.25) is 0 Å². The fourth-order valence-corrected chi connectivity index (χ4v) is 3.68. The van der Waals surface area contributed by atoms with Crippen LogP contribution in [0.25, 0.3) is 6.08 Å². The van der Waals surface area contributed by atoms with Gasteiger partial charge in [0.2, 0.25) is 0 Å². The van der Waals surface area contributed by atoms with Gasteiger partial charge < -0.3 is 19.4 Å². The van der Waals surface area contributed by atoms with Crippen LogP contribution in [-0.4, -0.2) is 28.7 Å². The smallest absolute Gasteiger partial charge is 0.408 e. The Hall–Kier alpha value is -3.33. The Kier molecular flexibility index (Phi) is 8.63. The van der Waals surface area contributed by atoms with Crippen LogP contribution in [0.3, 0.4) is 0 Å². The Bertz CT molecular complexity index is 1050. The molecule has 0 saturated carbocycles. The summed E-state index contributed by atoms with van der Waals surface area (Å²) in [6.07, 6.45) is 4.49. The van der Waals surface area contributed by atoms with Gasteiger partial charge in [0, 0.05) is 23.1 Å². The second-order valence-corrected chi connectivity index (χ2v) is 7.85. The first kappa shape index (κ1) is 23.9. The maximum absolute atomic E-state index is 12.7. The molecular formula is C22H25NO7S. The number of carbonyl (C=O) groups is 2. The number of nitrogens with one attached hydrogen (secondary N) is 1. The zero-order valence-electron chi connectivity index (χ0n) is 17.5. The summed E-state index contributed by atoms with van der Waals surface area (Å²) in [5, 5.41) is 21.7. The third-order valence-electron chi connectivity index (χ3n) is 4.36. The highest BCUT2D eigenvalue weighted by Crippen LogP contribution is 2.28. The molecule has 3 N–H and O–H groups in total. The van der Waals surface area contributed by atoms with Gasteiger partial charge in [-0.2, -0.15) is 0 Å². The lowest BCUT2D eigenvalue weighted by Crippen LogP contribution is -2.16. The van der Waals surface area contributed by atoms with E-state index in [2.05, 4.69) is 5.32 Å². The Morgan fingerprint density at radius 1 is 1.35 bits per heavy atom. The number of hydrogen-bond acceptors (Lipinski definition) is 7. The fourth-order valence-electron chi connectivity index (χ4n) is 2.76. The molecule has 1 amide bonds. The highest BCUT2D eigenvalue weighted by Gasteiger charge is 2.22. The first-order valence-corrected chi connectivity index (χ1v) is 10.5. The number of carbonyl (C=O) groups excluding carboxylic acids is 1. The van der Waals surface area contributed by atoms with E-state index in [1.165, 1.54) is 23.6 Å². The van der Waals surface area contributed by atoms with Crippen molar-refractivity contribution in [1.29, 1.82) is 0 Å². The Morgan fingerprint density at radius 3 is 2.74 bits per heavy atom. The van der Waals surface area contributed by atoms with Crippen molar-refractivity contribution in [1.82, 2.24) is 5.32 Å². The Balaban J connectivity index is 2.14. The average Bonchev–Trinajstić information content (AvgIpc) is 3.13. The monoisotopic (exact) mass is 447 g/mol. The van der Waals surface area contributed by atoms with Crippen LogP contribution < -0.4 is 15.7 Å². The summed E-state index contributed by atoms with van der Waals surface area (Å²) in [7, 11) is 0. The van der Waals surface area contributed by atoms with Crippen LogP contribution in [0.1, 0.15) is 60.5 Å². The molecule has 2 rings (SSSR count). The van der Waals surface area contributed by atoms with E-state index in [0.29, 0.717) is 19.4 Å². The van der Waals surface area contributed by atoms with E-state index < -0.39 is 28.8 Å². The summed E-state index contributed by atoms with van der Waals surface area (Å²) in [5.41, 5.74) is -1.02. The summed E-state index contributed by atoms with van der Waals surface area (Å²) in [6.45, 7) is 5.78. The van der Waals surface area contributed by atoms with Crippen LogP contribution in [0.5, 0.6) is 10.8 Å². The zero-order valence-corrected chi connectivity index (χ0v) is 18.3. The van der Waals surface area contributed by atoms with Crippen LogP contribution in [-0.2, 0) is 0 Å². The molecule has 9 heteroatoms. The van der Waals surface area contributed by atoms with Gasteiger partial charge >= 0.3 is 11.7 Å². The summed E-state index contributed by atoms with van der Waals surface area (Å²) in [6, 6.07) is 4.89. The van der Waals surface area contributed by atoms with E-state index in [0.717, 1.165) is 9.94 Å². The first-order valence-electron chi connectivity index (χ1n) is 9.70. The number of allylic oxidation sites excluding steroid dienone is 2. The Labute approximate surface area is 183 Å². The number of Topliss-reactive ketones (excluding diaryl/α,β-unsaturated/α-hetero) is 1. The predicted octanol–water partition coefficient (Wildman–Crippen LogP) is 4.76. The molecule has 0 bridgehead atoms. The lowest BCUT2D eigenvalue weighted by molar-refractivity contribution is 0.102. The predicted molar refractivity (Wildman–Crippen MR) is 118 cm³/mol. The van der Waals surface area contributed by atoms with Crippen molar-refractivity contribution in [3.05, 3.63) is 62.7 Å². The minimum atomic E-state index is -1.15. The van der Waals surface area contributed by atoms with Gasteiger partial charge in [0.15, 0.2) is 10.8 Å². The second-order valence-electron chi connectivity index (χ2n) is 6.77. The van der Waals surface area contributed by atoms with Crippen molar-refractivity contribution in [3.8, 4) is 10.8 Å². The molecule has 0 aliphatic rings. The van der Waals surface area contributed by atoms with Crippen molar-refractivity contribution in [2.75, 3.05) is 6.61 Å². The first-order chi connectivity index (χ1) is 14.7. The van der Waals surface area contributed by atoms with Gasteiger partial charge in [-0.1, -0.05) is 24.3 Å². The van der Waals surface area contributed by atoms with Gasteiger partial charge in [-0.25, -0.2) is 9.59 Å². The van der Waals surface area contributed by atoms with E-state index in [4.69, 9.17) is 14.3 Å². The average molecular weight is 448 g/mol. The van der Waals surface area contributed by atoms with Gasteiger partial charge in [-0.05, 0) is 50.5 Å². The van der Waals surface area contributed by atoms with E-state index in [-0.39, 0.29) is 17.3 Å². The van der Waals surface area contributed by atoms with Crippen LogP contribution in [0, 0.1) is 0 Å². The summed E-state index contributed by atoms with van der Waals surface area (Å²) in [4.78, 5) is 36.3. The number of hydrogen-bond donors (Lipinski definition) is 3. The van der Waals surface area contributed by atoms with Crippen LogP contribution >= 0.6 is 11.3 Å². The standard InChI is InChI=1S/C22H25NO7S/c1-4-29-18-9-8-15(31-18)11-14(3)20(25)19-16(24)12-17(30-21(19)26)13(2)7-5-6-10-23-22(27)28/h6,8-13,23-24H,4-5,7H2,1-3H3,(H,27,28)/b10-6+,14-11+. The van der Waals surface area contributed by atoms with Crippen LogP contribution in [0.15, 0.2) is 45.3 Å². The van der Waals surface area contributed by atoms with Crippen molar-refractivity contribution >= 4 is 29.3 Å². The molecule has 8 nitrogen and oxygen atoms in total. The molecule has 0 radical (unpaired) electrons. The minimum absolute atomic E-state index is 0.225. The fraction of sp³-hybridized carbons (Fsp3) is 0.318. The van der Waals surface area contributed by atoms with Crippen molar-refractivity contribution in [3.63, 3.8) is 0 Å². The number of ether oxygens (including phenoxy) is 1. The molecule has 2 heterocycles. The highest BCUT2D eigenvalue weighted by atomic mass is 32.1. The third kappa shape index (κ3) is 6.85. The number of carboxylic acid groups (broad SMARTS) is 1. The van der Waals surface area contributed by atoms with E-state index in [1.807, 2.05) is 6.92 Å². The molecule has 0 fully saturated rings. The topological polar surface area (TPSA) is 126 Å². The number of aromatic hydroxyl groups is 1. The summed E-state index contributed by atoms with van der Waals surface area (Å²) < 4.78 is 10.7. The third-order valence-corrected chi connectivity index (χ3v) is 5.30. The maximum atomic E-state index is 12.7. The second kappa shape index (κ2) is 11.2. The molecular weight excluding hydrogens is 422 g/mol. The summed E-state index contributed by atoms with van der Waals surface area (Å²) in [5.74, 6) is -1.02. The molecule has 0 aromatic carbocycles. The number of amides is 1. The zero-order chi connectivity index (χ0) is 23.0. The normalized spacial score (nSPS) is 12.7. The highest BCUT2D eigenvalue weighted by molar-refractivity contribution is 7.14. The molecule has 0 aliphatic heterocycles. The molecule has 31 heavy (non-hydrogen) atoms. The van der Waals surface area contributed by atoms with Crippen molar-refractivity contribution < 1.29 is 29.0 Å². The van der Waals surface area contributed by atoms with Gasteiger partial charge in [0.05, 0.1) is 6.61 Å². The van der Waals surface area contributed by atoms with Gasteiger partial charge in [-0.15, -0.1) is 0 Å². The molecule has 2 aromatic heterocycles. The molecule has 1 atom stereocenters. The molecule has 1 unspecified atom stereocenters. The SMILES string of the molecule is CCOc1ccc(/C=C(\C)C(=O)c2c(O)cc(C(C)CC/C=C/NC(=O)O)oc2=O)s1. The van der Waals surface area contributed by atoms with Gasteiger partial charge in [0.1, 0.15) is 17.1 Å². The lowest BCUT2D eigenvalue weighted by atomic mass is 10.00. The van der Waals surface area contributed by atoms with E-state index >= 15 is 0 Å². The lowest BCUT2D eigenvalue weighted by Gasteiger charge is -2.11. The van der Waals surface area contributed by atoms with Crippen molar-refractivity contribution in [2.45, 2.75) is 39.5 Å². The molecule has 0 saturated heterocycles. The molecule has 2 aromatic rings. The molecule has 166 valence electrons. The summed E-state index contributed by atoms with van der Waals surface area (Å²) >= 11 is 1.37. The number of ketones is 1. The Morgan fingerprint density at radius 2 is 2.10 bits per heavy atom. The molecule has 0 spiro atoms. The van der Waals surface area contributed by atoms with Crippen molar-refractivity contribution in [2.24, 2.45) is 0 Å².